The first-order valence-corrected chi connectivity index (χ1v) is 15.8. The zero-order valence-corrected chi connectivity index (χ0v) is 25.5. The van der Waals surface area contributed by atoms with Gasteiger partial charge in [0, 0.05) is 50.6 Å². The maximum absolute atomic E-state index is 6.24. The molecule has 4 heterocycles. The second kappa shape index (κ2) is 10.4. The molecule has 4 aromatic heterocycles. The van der Waals surface area contributed by atoms with E-state index >= 15 is 0 Å². The predicted molar refractivity (Wildman–Crippen MR) is 191 cm³/mol. The maximum Gasteiger partial charge on any atom is 0.164 e. The lowest BCUT2D eigenvalue weighted by Gasteiger charge is -2.11. The van der Waals surface area contributed by atoms with Crippen LogP contribution in [-0.2, 0) is 0 Å². The van der Waals surface area contributed by atoms with Gasteiger partial charge in [-0.2, -0.15) is 0 Å². The summed E-state index contributed by atoms with van der Waals surface area (Å²) in [5.41, 5.74) is 8.11. The molecule has 48 heavy (non-hydrogen) atoms. The van der Waals surface area contributed by atoms with Crippen molar-refractivity contribution in [1.82, 2.24) is 19.9 Å². The number of benzene rings is 6. The molecule has 10 aromatic rings. The van der Waals surface area contributed by atoms with Gasteiger partial charge in [0.1, 0.15) is 22.3 Å². The van der Waals surface area contributed by atoms with Gasteiger partial charge in [0.05, 0.1) is 0 Å². The Labute approximate surface area is 274 Å². The average Bonchev–Trinajstić information content (AvgIpc) is 3.73. The number of para-hydroxylation sites is 1. The third-order valence-corrected chi connectivity index (χ3v) is 9.02. The van der Waals surface area contributed by atoms with Crippen molar-refractivity contribution in [2.45, 2.75) is 0 Å². The number of hydrogen-bond acceptors (Lipinski definition) is 6. The van der Waals surface area contributed by atoms with E-state index < -0.39 is 0 Å². The van der Waals surface area contributed by atoms with Crippen LogP contribution in [0.15, 0.2) is 155 Å². The SMILES string of the molecule is c1ccc(-c2ccc3cc(-c4nc(-c5cccc6oc7ccccc7c56)nc(-c5cccc6oc7ccncc7c56)n4)ccc3c2)cc1. The lowest BCUT2D eigenvalue weighted by atomic mass is 10.00. The van der Waals surface area contributed by atoms with Crippen LogP contribution in [-0.4, -0.2) is 19.9 Å². The second-order valence-electron chi connectivity index (χ2n) is 11.9. The van der Waals surface area contributed by atoms with Crippen LogP contribution in [0.5, 0.6) is 0 Å². The summed E-state index contributed by atoms with van der Waals surface area (Å²) in [6.45, 7) is 0. The van der Waals surface area contributed by atoms with Crippen molar-refractivity contribution in [1.29, 1.82) is 0 Å². The van der Waals surface area contributed by atoms with Crippen molar-refractivity contribution in [3.63, 3.8) is 0 Å². The van der Waals surface area contributed by atoms with Crippen molar-refractivity contribution in [2.75, 3.05) is 0 Å². The quantitative estimate of drug-likeness (QED) is 0.196. The van der Waals surface area contributed by atoms with Gasteiger partial charge >= 0.3 is 0 Å². The molecule has 6 aromatic carbocycles. The van der Waals surface area contributed by atoms with Gasteiger partial charge in [0.15, 0.2) is 17.5 Å². The second-order valence-corrected chi connectivity index (χ2v) is 11.9. The zero-order chi connectivity index (χ0) is 31.6. The molecule has 0 radical (unpaired) electrons. The molecule has 0 saturated carbocycles. The Kier molecular flexibility index (Phi) is 5.77. The van der Waals surface area contributed by atoms with Crippen LogP contribution in [0.1, 0.15) is 0 Å². The fraction of sp³-hybridized carbons (Fsp3) is 0. The molecule has 0 N–H and O–H groups in total. The van der Waals surface area contributed by atoms with Crippen LogP contribution >= 0.6 is 0 Å². The Morgan fingerprint density at radius 1 is 0.396 bits per heavy atom. The minimum Gasteiger partial charge on any atom is -0.456 e. The van der Waals surface area contributed by atoms with Gasteiger partial charge in [0.2, 0.25) is 0 Å². The average molecular weight is 617 g/mol. The van der Waals surface area contributed by atoms with Crippen LogP contribution < -0.4 is 0 Å². The molecule has 224 valence electrons. The molecule has 6 heteroatoms. The predicted octanol–water partition coefficient (Wildman–Crippen LogP) is 10.9. The molecule has 0 spiro atoms. The summed E-state index contributed by atoms with van der Waals surface area (Å²) in [4.78, 5) is 19.8. The maximum atomic E-state index is 6.24. The molecule has 10 rings (SSSR count). The Hall–Kier alpha value is -6.66. The molecular formula is C42H24N4O2. The van der Waals surface area contributed by atoms with Crippen LogP contribution in [0, 0.1) is 0 Å². The number of hydrogen-bond donors (Lipinski definition) is 0. The zero-order valence-electron chi connectivity index (χ0n) is 25.5. The third kappa shape index (κ3) is 4.20. The van der Waals surface area contributed by atoms with Gasteiger partial charge < -0.3 is 8.83 Å². The summed E-state index contributed by atoms with van der Waals surface area (Å²) >= 11 is 0. The normalized spacial score (nSPS) is 11.8. The Morgan fingerprint density at radius 3 is 1.73 bits per heavy atom. The summed E-state index contributed by atoms with van der Waals surface area (Å²) in [6.07, 6.45) is 3.57. The van der Waals surface area contributed by atoms with Crippen molar-refractivity contribution in [3.05, 3.63) is 146 Å². The lowest BCUT2D eigenvalue weighted by Crippen LogP contribution is -2.00. The highest BCUT2D eigenvalue weighted by molar-refractivity contribution is 6.13. The van der Waals surface area contributed by atoms with E-state index in [1.165, 1.54) is 11.1 Å². The summed E-state index contributed by atoms with van der Waals surface area (Å²) in [6, 6.07) is 45.3. The molecule has 0 atom stereocenters. The van der Waals surface area contributed by atoms with Crippen LogP contribution in [0.25, 0.3) is 99.9 Å². The van der Waals surface area contributed by atoms with Gasteiger partial charge in [-0.05, 0) is 58.3 Å². The van der Waals surface area contributed by atoms with Crippen molar-refractivity contribution in [2.24, 2.45) is 0 Å². The standard InChI is InChI=1S/C42H24N4O2/c1-2-8-25(9-3-1)26-16-17-28-23-29(19-18-27(28)22-26)40-44-41(31-11-6-14-36-38(31)30-10-4-5-13-34(30)47-36)46-42(45-40)32-12-7-15-37-39(32)33-24-43-21-20-35(33)48-37/h1-24H. The van der Waals surface area contributed by atoms with Gasteiger partial charge in [-0.25, -0.2) is 15.0 Å². The number of aromatic nitrogens is 4. The highest BCUT2D eigenvalue weighted by Crippen LogP contribution is 2.39. The van der Waals surface area contributed by atoms with Gasteiger partial charge in [-0.1, -0.05) is 97.1 Å². The summed E-state index contributed by atoms with van der Waals surface area (Å²) in [5, 5.41) is 6.07. The number of rotatable bonds is 4. The van der Waals surface area contributed by atoms with E-state index in [9.17, 15) is 0 Å². The molecule has 0 saturated heterocycles. The van der Waals surface area contributed by atoms with Crippen molar-refractivity contribution in [3.8, 4) is 45.3 Å². The molecule has 0 aliphatic rings. The lowest BCUT2D eigenvalue weighted by molar-refractivity contribution is 0.668. The minimum atomic E-state index is 0.552. The minimum absolute atomic E-state index is 0.552. The van der Waals surface area contributed by atoms with E-state index in [1.54, 1.807) is 6.20 Å². The molecule has 0 bridgehead atoms. The molecule has 0 fully saturated rings. The Balaban J connectivity index is 1.22. The summed E-state index contributed by atoms with van der Waals surface area (Å²) in [7, 11) is 0. The largest absolute Gasteiger partial charge is 0.456 e. The summed E-state index contributed by atoms with van der Waals surface area (Å²) in [5.74, 6) is 1.70. The van der Waals surface area contributed by atoms with Crippen molar-refractivity contribution >= 4 is 54.6 Å². The number of fused-ring (bicyclic) bond motifs is 7. The molecular weight excluding hydrogens is 592 g/mol. The smallest absolute Gasteiger partial charge is 0.164 e. The fourth-order valence-corrected chi connectivity index (χ4v) is 6.76. The van der Waals surface area contributed by atoms with Crippen LogP contribution in [0.4, 0.5) is 0 Å². The molecule has 0 aliphatic carbocycles. The third-order valence-electron chi connectivity index (χ3n) is 9.02. The van der Waals surface area contributed by atoms with Gasteiger partial charge in [-0.15, -0.1) is 0 Å². The highest BCUT2D eigenvalue weighted by atomic mass is 16.3. The van der Waals surface area contributed by atoms with E-state index in [-0.39, 0.29) is 0 Å². The fourth-order valence-electron chi connectivity index (χ4n) is 6.76. The van der Waals surface area contributed by atoms with Crippen LogP contribution in [0.3, 0.4) is 0 Å². The number of furan rings is 2. The number of pyridine rings is 1. The molecule has 0 amide bonds. The first-order valence-electron chi connectivity index (χ1n) is 15.8. The van der Waals surface area contributed by atoms with E-state index in [0.29, 0.717) is 17.5 Å². The van der Waals surface area contributed by atoms with E-state index in [4.69, 9.17) is 23.8 Å². The van der Waals surface area contributed by atoms with Crippen molar-refractivity contribution < 1.29 is 8.83 Å². The van der Waals surface area contributed by atoms with E-state index in [2.05, 4.69) is 77.8 Å². The first kappa shape index (κ1) is 26.5. The van der Waals surface area contributed by atoms with Gasteiger partial charge in [0.25, 0.3) is 0 Å². The van der Waals surface area contributed by atoms with Gasteiger partial charge in [-0.3, -0.25) is 4.98 Å². The Bertz CT molecular complexity index is 2720. The van der Waals surface area contributed by atoms with E-state index in [1.807, 2.05) is 66.9 Å². The van der Waals surface area contributed by atoms with Crippen LogP contribution in [0.2, 0.25) is 0 Å². The summed E-state index contributed by atoms with van der Waals surface area (Å²) < 4.78 is 12.4. The van der Waals surface area contributed by atoms with E-state index in [0.717, 1.165) is 71.3 Å². The monoisotopic (exact) mass is 616 g/mol. The topological polar surface area (TPSA) is 77.8 Å². The highest BCUT2D eigenvalue weighted by Gasteiger charge is 2.20. The number of nitrogens with zero attached hydrogens (tertiary/aromatic N) is 4. The first-order chi connectivity index (χ1) is 23.8. The molecule has 0 unspecified atom stereocenters. The molecule has 6 nitrogen and oxygen atoms in total. The molecule has 0 aliphatic heterocycles. The Morgan fingerprint density at radius 2 is 0.979 bits per heavy atom.